The van der Waals surface area contributed by atoms with Crippen LogP contribution in [-0.4, -0.2) is 17.9 Å². The summed E-state index contributed by atoms with van der Waals surface area (Å²) in [5, 5.41) is 0.795. The Morgan fingerprint density at radius 3 is 2.75 bits per heavy atom. The molecule has 0 aliphatic heterocycles. The number of carbonyl (C=O) groups is 1. The minimum Gasteiger partial charge on any atom is -0.496 e. The Hall–Kier alpha value is -1.92. The van der Waals surface area contributed by atoms with E-state index in [0.717, 1.165) is 6.07 Å². The molecule has 0 spiro atoms. The van der Waals surface area contributed by atoms with Crippen molar-refractivity contribution in [3.8, 4) is 5.75 Å². The SMILES string of the molecule is COc1cc(Cl)ccc1C(Br)C(=O)c1c[nH]c2c(F)c(F)ccc12. The number of ether oxygens (including phenoxy) is 1. The van der Waals surface area contributed by atoms with Crippen LogP contribution in [0.25, 0.3) is 10.9 Å². The molecule has 3 aromatic rings. The number of ketones is 1. The van der Waals surface area contributed by atoms with Gasteiger partial charge in [-0.25, -0.2) is 8.78 Å². The number of Topliss-reactive ketones (excluding diaryl/α,β-unsaturated/α-hetero) is 1. The normalized spacial score (nSPS) is 12.4. The molecule has 0 amide bonds. The van der Waals surface area contributed by atoms with Crippen molar-refractivity contribution >= 4 is 44.2 Å². The topological polar surface area (TPSA) is 42.1 Å². The van der Waals surface area contributed by atoms with Gasteiger partial charge in [-0.1, -0.05) is 33.6 Å². The largest absolute Gasteiger partial charge is 0.496 e. The van der Waals surface area contributed by atoms with E-state index in [1.807, 2.05) is 0 Å². The zero-order chi connectivity index (χ0) is 17.4. The number of aromatic amines is 1. The summed E-state index contributed by atoms with van der Waals surface area (Å²) in [5.41, 5.74) is 0.799. The quantitative estimate of drug-likeness (QED) is 0.457. The Labute approximate surface area is 149 Å². The van der Waals surface area contributed by atoms with E-state index in [2.05, 4.69) is 20.9 Å². The highest BCUT2D eigenvalue weighted by molar-refractivity contribution is 9.09. The smallest absolute Gasteiger partial charge is 0.183 e. The maximum Gasteiger partial charge on any atom is 0.183 e. The first kappa shape index (κ1) is 16.9. The van der Waals surface area contributed by atoms with Crippen molar-refractivity contribution in [1.29, 1.82) is 0 Å². The van der Waals surface area contributed by atoms with Gasteiger partial charge in [0, 0.05) is 27.7 Å². The van der Waals surface area contributed by atoms with Gasteiger partial charge in [0.05, 0.1) is 12.6 Å². The van der Waals surface area contributed by atoms with Crippen LogP contribution in [0.3, 0.4) is 0 Å². The van der Waals surface area contributed by atoms with E-state index in [0.29, 0.717) is 21.7 Å². The number of alkyl halides is 1. The molecule has 0 saturated carbocycles. The molecule has 7 heteroatoms. The third-order valence-electron chi connectivity index (χ3n) is 3.71. The number of H-pyrrole nitrogens is 1. The summed E-state index contributed by atoms with van der Waals surface area (Å²) in [7, 11) is 1.48. The number of hydrogen-bond acceptors (Lipinski definition) is 2. The Balaban J connectivity index is 2.05. The number of benzene rings is 2. The second kappa shape index (κ2) is 6.53. The van der Waals surface area contributed by atoms with E-state index in [4.69, 9.17) is 16.3 Å². The van der Waals surface area contributed by atoms with E-state index in [1.54, 1.807) is 18.2 Å². The van der Waals surface area contributed by atoms with Crippen molar-refractivity contribution in [1.82, 2.24) is 4.98 Å². The number of aromatic nitrogens is 1. The number of halogens is 4. The number of fused-ring (bicyclic) bond motifs is 1. The molecule has 1 unspecified atom stereocenters. The molecular weight excluding hydrogens is 404 g/mol. The Morgan fingerprint density at radius 1 is 1.29 bits per heavy atom. The summed E-state index contributed by atoms with van der Waals surface area (Å²) in [6.45, 7) is 0. The molecule has 0 fully saturated rings. The minimum absolute atomic E-state index is 0.0406. The van der Waals surface area contributed by atoms with Crippen molar-refractivity contribution < 1.29 is 18.3 Å². The fraction of sp³-hybridized carbons (Fsp3) is 0.118. The van der Waals surface area contributed by atoms with Crippen LogP contribution in [0.1, 0.15) is 20.7 Å². The first-order chi connectivity index (χ1) is 11.4. The average molecular weight is 415 g/mol. The maximum atomic E-state index is 13.8. The van der Waals surface area contributed by atoms with Crippen molar-refractivity contribution in [2.45, 2.75) is 4.83 Å². The highest BCUT2D eigenvalue weighted by Gasteiger charge is 2.25. The molecule has 1 N–H and O–H groups in total. The lowest BCUT2D eigenvalue weighted by atomic mass is 10.0. The van der Waals surface area contributed by atoms with E-state index < -0.39 is 16.5 Å². The Kier molecular flexibility index (Phi) is 4.60. The lowest BCUT2D eigenvalue weighted by Gasteiger charge is -2.13. The molecule has 124 valence electrons. The molecule has 0 bridgehead atoms. The van der Waals surface area contributed by atoms with Gasteiger partial charge in [0.25, 0.3) is 0 Å². The molecular formula is C17H11BrClF2NO2. The second-order valence-electron chi connectivity index (χ2n) is 5.10. The maximum absolute atomic E-state index is 13.8. The molecule has 0 saturated heterocycles. The van der Waals surface area contributed by atoms with E-state index in [9.17, 15) is 13.6 Å². The molecule has 0 radical (unpaired) electrons. The fourth-order valence-electron chi connectivity index (χ4n) is 2.51. The van der Waals surface area contributed by atoms with Gasteiger partial charge in [-0.3, -0.25) is 4.79 Å². The zero-order valence-electron chi connectivity index (χ0n) is 12.4. The van der Waals surface area contributed by atoms with Gasteiger partial charge >= 0.3 is 0 Å². The van der Waals surface area contributed by atoms with Crippen molar-refractivity contribution in [2.75, 3.05) is 7.11 Å². The van der Waals surface area contributed by atoms with Gasteiger partial charge in [-0.2, -0.15) is 0 Å². The third-order valence-corrected chi connectivity index (χ3v) is 4.85. The van der Waals surface area contributed by atoms with Crippen molar-refractivity contribution in [3.63, 3.8) is 0 Å². The van der Waals surface area contributed by atoms with Gasteiger partial charge in [0.2, 0.25) is 0 Å². The van der Waals surface area contributed by atoms with E-state index in [-0.39, 0.29) is 16.9 Å². The number of nitrogens with one attached hydrogen (secondary N) is 1. The zero-order valence-corrected chi connectivity index (χ0v) is 14.7. The average Bonchev–Trinajstić information content (AvgIpc) is 3.01. The summed E-state index contributed by atoms with van der Waals surface area (Å²) in [4.78, 5) is 14.7. The Bertz CT molecular complexity index is 942. The summed E-state index contributed by atoms with van der Waals surface area (Å²) in [5.74, 6) is -1.84. The van der Waals surface area contributed by atoms with Gasteiger partial charge in [0.15, 0.2) is 17.4 Å². The molecule has 2 aromatic carbocycles. The monoisotopic (exact) mass is 413 g/mol. The van der Waals surface area contributed by atoms with Crippen LogP contribution in [0.2, 0.25) is 5.02 Å². The molecule has 1 heterocycles. The molecule has 1 aromatic heterocycles. The van der Waals surface area contributed by atoms with Crippen molar-refractivity contribution in [3.05, 3.63) is 64.3 Å². The predicted molar refractivity (Wildman–Crippen MR) is 92.2 cm³/mol. The number of hydrogen-bond donors (Lipinski definition) is 1. The molecule has 3 rings (SSSR count). The van der Waals surface area contributed by atoms with Gasteiger partial charge in [-0.15, -0.1) is 0 Å². The van der Waals surface area contributed by atoms with Gasteiger partial charge in [-0.05, 0) is 24.3 Å². The highest BCUT2D eigenvalue weighted by Crippen LogP contribution is 2.37. The van der Waals surface area contributed by atoms with Crippen LogP contribution in [0, 0.1) is 11.6 Å². The van der Waals surface area contributed by atoms with Crippen LogP contribution in [0.5, 0.6) is 5.75 Å². The number of rotatable bonds is 4. The van der Waals surface area contributed by atoms with Crippen LogP contribution in [-0.2, 0) is 0 Å². The van der Waals surface area contributed by atoms with E-state index >= 15 is 0 Å². The first-order valence-corrected chi connectivity index (χ1v) is 8.20. The standard InChI is InChI=1S/C17H11BrClF2NO2/c1-24-13-6-8(19)2-3-10(13)14(18)17(23)11-7-22-16-9(11)4-5-12(20)15(16)21/h2-7,14,22H,1H3. The van der Waals surface area contributed by atoms with Crippen LogP contribution in [0.4, 0.5) is 8.78 Å². The lowest BCUT2D eigenvalue weighted by molar-refractivity contribution is 0.0992. The third kappa shape index (κ3) is 2.80. The fourth-order valence-corrected chi connectivity index (χ4v) is 3.30. The summed E-state index contributed by atoms with van der Waals surface area (Å²) in [6, 6.07) is 7.28. The van der Waals surface area contributed by atoms with Gasteiger partial charge in [0.1, 0.15) is 10.6 Å². The molecule has 0 aliphatic rings. The first-order valence-electron chi connectivity index (χ1n) is 6.91. The molecule has 24 heavy (non-hydrogen) atoms. The van der Waals surface area contributed by atoms with Crippen LogP contribution < -0.4 is 4.74 Å². The highest BCUT2D eigenvalue weighted by atomic mass is 79.9. The van der Waals surface area contributed by atoms with Crippen molar-refractivity contribution in [2.24, 2.45) is 0 Å². The lowest BCUT2D eigenvalue weighted by Crippen LogP contribution is -2.08. The molecule has 1 atom stereocenters. The minimum atomic E-state index is -1.01. The number of methoxy groups -OCH3 is 1. The summed E-state index contributed by atoms with van der Waals surface area (Å²) >= 11 is 9.28. The molecule has 0 aliphatic carbocycles. The summed E-state index contributed by atoms with van der Waals surface area (Å²) < 4.78 is 32.4. The second-order valence-corrected chi connectivity index (χ2v) is 6.45. The van der Waals surface area contributed by atoms with E-state index in [1.165, 1.54) is 19.4 Å². The molecule has 3 nitrogen and oxygen atoms in total. The Morgan fingerprint density at radius 2 is 2.04 bits per heavy atom. The van der Waals surface area contributed by atoms with Gasteiger partial charge < -0.3 is 9.72 Å². The van der Waals surface area contributed by atoms with Crippen LogP contribution >= 0.6 is 27.5 Å². The predicted octanol–water partition coefficient (Wildman–Crippen LogP) is 5.43. The number of carbonyl (C=O) groups excluding carboxylic acids is 1. The summed E-state index contributed by atoms with van der Waals surface area (Å²) in [6.07, 6.45) is 1.37. The van der Waals surface area contributed by atoms with Crippen LogP contribution in [0.15, 0.2) is 36.5 Å².